The Labute approximate surface area is 136 Å². The second-order valence-corrected chi connectivity index (χ2v) is 4.90. The number of rotatable bonds is 5. The van der Waals surface area contributed by atoms with Gasteiger partial charge in [0.1, 0.15) is 12.1 Å². The molecule has 0 spiro atoms. The number of para-hydroxylation sites is 2. The molecule has 0 saturated heterocycles. The number of anilines is 1. The van der Waals surface area contributed by atoms with Gasteiger partial charge in [0.15, 0.2) is 0 Å². The molecule has 9 nitrogen and oxygen atoms in total. The SMILES string of the molecule is C=CCNc1nccc(-n2c(-n3cnnn3)nc3ccccc32)n1. The van der Waals surface area contributed by atoms with Gasteiger partial charge in [-0.25, -0.2) is 9.97 Å². The molecule has 1 N–H and O–H groups in total. The quantitative estimate of drug-likeness (QED) is 0.555. The van der Waals surface area contributed by atoms with Crippen LogP contribution in [-0.4, -0.2) is 46.3 Å². The first kappa shape index (κ1) is 14.0. The summed E-state index contributed by atoms with van der Waals surface area (Å²) in [4.78, 5) is 13.4. The van der Waals surface area contributed by atoms with E-state index >= 15 is 0 Å². The molecule has 3 heterocycles. The average Bonchev–Trinajstić information content (AvgIpc) is 3.27. The molecule has 0 amide bonds. The molecule has 1 aromatic carbocycles. The molecule has 118 valence electrons. The number of benzene rings is 1. The van der Waals surface area contributed by atoms with Crippen molar-refractivity contribution in [3.05, 3.63) is 55.5 Å². The van der Waals surface area contributed by atoms with E-state index in [1.54, 1.807) is 18.3 Å². The topological polar surface area (TPSA) is 99.2 Å². The minimum absolute atomic E-state index is 0.507. The number of nitrogens with zero attached hydrogens (tertiary/aromatic N) is 8. The van der Waals surface area contributed by atoms with Crippen molar-refractivity contribution in [2.24, 2.45) is 0 Å². The van der Waals surface area contributed by atoms with Gasteiger partial charge in [-0.05, 0) is 22.6 Å². The number of hydrogen-bond acceptors (Lipinski definition) is 7. The second-order valence-electron chi connectivity index (χ2n) is 4.90. The normalized spacial score (nSPS) is 10.8. The summed E-state index contributed by atoms with van der Waals surface area (Å²) < 4.78 is 3.38. The van der Waals surface area contributed by atoms with E-state index in [9.17, 15) is 0 Å². The molecular formula is C15H13N9. The average molecular weight is 319 g/mol. The number of nitrogens with one attached hydrogen (secondary N) is 1. The van der Waals surface area contributed by atoms with Gasteiger partial charge in [0.2, 0.25) is 11.9 Å². The van der Waals surface area contributed by atoms with E-state index < -0.39 is 0 Å². The Bertz CT molecular complexity index is 987. The Balaban J connectivity index is 1.92. The molecule has 0 fully saturated rings. The highest BCUT2D eigenvalue weighted by molar-refractivity contribution is 5.79. The van der Waals surface area contributed by atoms with Crippen LogP contribution in [0.4, 0.5) is 5.95 Å². The second kappa shape index (κ2) is 5.88. The molecule has 24 heavy (non-hydrogen) atoms. The fourth-order valence-corrected chi connectivity index (χ4v) is 2.37. The van der Waals surface area contributed by atoms with E-state index in [2.05, 4.69) is 42.4 Å². The zero-order valence-corrected chi connectivity index (χ0v) is 12.6. The summed E-state index contributed by atoms with van der Waals surface area (Å²) in [6, 6.07) is 9.58. The van der Waals surface area contributed by atoms with Crippen molar-refractivity contribution < 1.29 is 0 Å². The monoisotopic (exact) mass is 319 g/mol. The zero-order chi connectivity index (χ0) is 16.4. The first-order valence-electron chi connectivity index (χ1n) is 7.26. The van der Waals surface area contributed by atoms with Crippen LogP contribution in [0.25, 0.3) is 22.8 Å². The van der Waals surface area contributed by atoms with Crippen molar-refractivity contribution in [3.8, 4) is 11.8 Å². The lowest BCUT2D eigenvalue weighted by Gasteiger charge is -2.09. The molecule has 0 radical (unpaired) electrons. The maximum absolute atomic E-state index is 4.61. The van der Waals surface area contributed by atoms with Crippen molar-refractivity contribution in [2.45, 2.75) is 0 Å². The largest absolute Gasteiger partial charge is 0.351 e. The number of hydrogen-bond donors (Lipinski definition) is 1. The van der Waals surface area contributed by atoms with E-state index in [1.807, 2.05) is 28.8 Å². The van der Waals surface area contributed by atoms with Crippen molar-refractivity contribution in [3.63, 3.8) is 0 Å². The predicted molar refractivity (Wildman–Crippen MR) is 88.1 cm³/mol. The molecule has 0 bridgehead atoms. The Kier molecular flexibility index (Phi) is 3.43. The van der Waals surface area contributed by atoms with Crippen LogP contribution in [-0.2, 0) is 0 Å². The van der Waals surface area contributed by atoms with E-state index in [1.165, 1.54) is 11.0 Å². The number of fused-ring (bicyclic) bond motifs is 1. The van der Waals surface area contributed by atoms with Crippen LogP contribution in [0.2, 0.25) is 0 Å². The van der Waals surface area contributed by atoms with E-state index in [-0.39, 0.29) is 0 Å². The summed E-state index contributed by atoms with van der Waals surface area (Å²) in [5, 5.41) is 14.4. The third kappa shape index (κ3) is 2.37. The Hall–Kier alpha value is -3.62. The van der Waals surface area contributed by atoms with Gasteiger partial charge in [0, 0.05) is 18.8 Å². The Morgan fingerprint density at radius 3 is 2.92 bits per heavy atom. The van der Waals surface area contributed by atoms with Crippen LogP contribution >= 0.6 is 0 Å². The Morgan fingerprint density at radius 1 is 1.17 bits per heavy atom. The first-order chi connectivity index (χ1) is 11.9. The lowest BCUT2D eigenvalue weighted by Crippen LogP contribution is -2.10. The maximum Gasteiger partial charge on any atom is 0.240 e. The fourth-order valence-electron chi connectivity index (χ4n) is 2.37. The molecule has 0 unspecified atom stereocenters. The highest BCUT2D eigenvalue weighted by Crippen LogP contribution is 2.22. The number of aromatic nitrogens is 8. The molecular weight excluding hydrogens is 306 g/mol. The molecule has 0 saturated carbocycles. The summed E-state index contributed by atoms with van der Waals surface area (Å²) in [6.45, 7) is 4.26. The third-order valence-electron chi connectivity index (χ3n) is 3.37. The smallest absolute Gasteiger partial charge is 0.240 e. The summed E-state index contributed by atoms with van der Waals surface area (Å²) in [5.74, 6) is 1.72. The van der Waals surface area contributed by atoms with Gasteiger partial charge in [-0.1, -0.05) is 18.2 Å². The third-order valence-corrected chi connectivity index (χ3v) is 3.37. The standard InChI is InChI=1S/C15H13N9/c1-2-8-16-14-17-9-7-13(20-14)24-12-6-4-3-5-11(12)19-15(24)23-10-18-21-22-23/h2-7,9-10H,1,8H2,(H,16,17,20). The van der Waals surface area contributed by atoms with E-state index in [0.717, 1.165) is 11.0 Å². The molecule has 0 atom stereocenters. The summed E-state index contributed by atoms with van der Waals surface area (Å²) in [6.07, 6.45) is 4.93. The van der Waals surface area contributed by atoms with Crippen LogP contribution in [0.1, 0.15) is 0 Å². The predicted octanol–water partition coefficient (Wildman–Crippen LogP) is 1.39. The van der Waals surface area contributed by atoms with Gasteiger partial charge in [0.05, 0.1) is 11.0 Å². The van der Waals surface area contributed by atoms with Gasteiger partial charge in [0.25, 0.3) is 0 Å². The van der Waals surface area contributed by atoms with Crippen LogP contribution < -0.4 is 5.32 Å². The fraction of sp³-hybridized carbons (Fsp3) is 0.0667. The number of imidazole rings is 1. The van der Waals surface area contributed by atoms with E-state index in [4.69, 9.17) is 0 Å². The van der Waals surface area contributed by atoms with Crippen molar-refractivity contribution in [1.29, 1.82) is 0 Å². The maximum atomic E-state index is 4.61. The van der Waals surface area contributed by atoms with Crippen LogP contribution in [0.15, 0.2) is 55.5 Å². The van der Waals surface area contributed by atoms with Gasteiger partial charge in [-0.15, -0.1) is 11.7 Å². The van der Waals surface area contributed by atoms with E-state index in [0.29, 0.717) is 24.3 Å². The first-order valence-corrected chi connectivity index (χ1v) is 7.26. The lowest BCUT2D eigenvalue weighted by atomic mass is 10.3. The van der Waals surface area contributed by atoms with Crippen LogP contribution in [0, 0.1) is 0 Å². The Morgan fingerprint density at radius 2 is 2.08 bits per heavy atom. The van der Waals surface area contributed by atoms with Gasteiger partial charge >= 0.3 is 0 Å². The molecule has 0 aliphatic rings. The molecule has 3 aromatic heterocycles. The van der Waals surface area contributed by atoms with Crippen LogP contribution in [0.5, 0.6) is 0 Å². The zero-order valence-electron chi connectivity index (χ0n) is 12.6. The summed E-state index contributed by atoms with van der Waals surface area (Å²) in [7, 11) is 0. The highest BCUT2D eigenvalue weighted by Gasteiger charge is 2.16. The van der Waals surface area contributed by atoms with Crippen molar-refractivity contribution in [1.82, 2.24) is 39.7 Å². The molecule has 9 heteroatoms. The van der Waals surface area contributed by atoms with Crippen LogP contribution in [0.3, 0.4) is 0 Å². The molecule has 4 aromatic rings. The minimum Gasteiger partial charge on any atom is -0.351 e. The number of tetrazole rings is 1. The van der Waals surface area contributed by atoms with Crippen molar-refractivity contribution in [2.75, 3.05) is 11.9 Å². The lowest BCUT2D eigenvalue weighted by molar-refractivity contribution is 0.736. The summed E-state index contributed by atoms with van der Waals surface area (Å²) >= 11 is 0. The van der Waals surface area contributed by atoms with Gasteiger partial charge < -0.3 is 5.32 Å². The summed E-state index contributed by atoms with van der Waals surface area (Å²) in [5.41, 5.74) is 1.72. The molecule has 0 aliphatic heterocycles. The van der Waals surface area contributed by atoms with Gasteiger partial charge in [-0.3, -0.25) is 4.57 Å². The molecule has 4 rings (SSSR count). The highest BCUT2D eigenvalue weighted by atomic mass is 15.6. The van der Waals surface area contributed by atoms with Crippen molar-refractivity contribution >= 4 is 17.0 Å². The minimum atomic E-state index is 0.507. The molecule has 0 aliphatic carbocycles. The van der Waals surface area contributed by atoms with Gasteiger partial charge in [-0.2, -0.15) is 9.67 Å².